The van der Waals surface area contributed by atoms with Crippen LogP contribution in [0.2, 0.25) is 0 Å². The average molecular weight is 494 g/mol. The molecule has 2 atom stereocenters. The first-order valence-electron chi connectivity index (χ1n) is 12.8. The summed E-state index contributed by atoms with van der Waals surface area (Å²) in [6, 6.07) is 8.52. The maximum atomic E-state index is 12.9. The molecule has 186 valence electrons. The third-order valence-corrected chi connectivity index (χ3v) is 8.39. The van der Waals surface area contributed by atoms with Gasteiger partial charge in [-0.3, -0.25) is 14.3 Å². The number of amides is 1. The van der Waals surface area contributed by atoms with Crippen molar-refractivity contribution in [2.75, 3.05) is 23.3 Å². The highest BCUT2D eigenvalue weighted by Gasteiger charge is 2.30. The Morgan fingerprint density at radius 3 is 2.66 bits per heavy atom. The SMILES string of the molecule is Cc1ccc(NCc2cccn2-c2nnc(N3CCC(C(=O)NC4CCCCC4C)CC3)s2)cn1. The summed E-state index contributed by atoms with van der Waals surface area (Å²) in [4.78, 5) is 19.5. The standard InChI is InChI=1S/C26H35N7OS/c1-18-6-3-4-8-23(18)29-24(34)20-11-14-32(15-12-20)25-30-31-26(35-25)33-13-5-7-22(33)17-28-21-10-9-19(2)27-16-21/h5,7,9-10,13,16,18,20,23,28H,3-4,6,8,11-12,14-15,17H2,1-2H3,(H,29,34). The highest BCUT2D eigenvalue weighted by molar-refractivity contribution is 7.17. The third-order valence-electron chi connectivity index (χ3n) is 7.40. The minimum Gasteiger partial charge on any atom is -0.378 e. The lowest BCUT2D eigenvalue weighted by Crippen LogP contribution is -2.46. The Morgan fingerprint density at radius 1 is 1.09 bits per heavy atom. The zero-order chi connectivity index (χ0) is 24.2. The summed E-state index contributed by atoms with van der Waals surface area (Å²) in [7, 11) is 0. The van der Waals surface area contributed by atoms with Gasteiger partial charge in [-0.2, -0.15) is 0 Å². The molecule has 2 N–H and O–H groups in total. The van der Waals surface area contributed by atoms with Crippen molar-refractivity contribution in [3.8, 4) is 5.13 Å². The van der Waals surface area contributed by atoms with Crippen molar-refractivity contribution < 1.29 is 4.79 Å². The van der Waals surface area contributed by atoms with Gasteiger partial charge >= 0.3 is 0 Å². The van der Waals surface area contributed by atoms with Crippen LogP contribution in [0.5, 0.6) is 0 Å². The van der Waals surface area contributed by atoms with E-state index in [1.165, 1.54) is 19.3 Å². The maximum absolute atomic E-state index is 12.9. The Balaban J connectivity index is 1.15. The number of carbonyl (C=O) groups is 1. The zero-order valence-electron chi connectivity index (χ0n) is 20.6. The number of carbonyl (C=O) groups excluding carboxylic acids is 1. The molecule has 0 bridgehead atoms. The van der Waals surface area contributed by atoms with Crippen molar-refractivity contribution in [2.24, 2.45) is 11.8 Å². The molecule has 8 nitrogen and oxygen atoms in total. The van der Waals surface area contributed by atoms with Crippen LogP contribution in [0.25, 0.3) is 5.13 Å². The Bertz CT molecular complexity index is 1120. The predicted molar refractivity (Wildman–Crippen MR) is 140 cm³/mol. The van der Waals surface area contributed by atoms with Crippen LogP contribution < -0.4 is 15.5 Å². The van der Waals surface area contributed by atoms with E-state index in [-0.39, 0.29) is 11.8 Å². The lowest BCUT2D eigenvalue weighted by Gasteiger charge is -2.34. The number of aryl methyl sites for hydroxylation is 1. The molecule has 3 aromatic heterocycles. The normalized spacial score (nSPS) is 21.1. The first kappa shape index (κ1) is 23.8. The molecule has 2 aliphatic rings. The number of anilines is 2. The van der Waals surface area contributed by atoms with Crippen molar-refractivity contribution in [1.29, 1.82) is 0 Å². The van der Waals surface area contributed by atoms with Crippen LogP contribution in [0, 0.1) is 18.8 Å². The van der Waals surface area contributed by atoms with E-state index in [4.69, 9.17) is 0 Å². The largest absolute Gasteiger partial charge is 0.378 e. The number of pyridine rings is 1. The molecule has 3 aromatic rings. The fourth-order valence-electron chi connectivity index (χ4n) is 5.11. The summed E-state index contributed by atoms with van der Waals surface area (Å²) in [5, 5.41) is 17.5. The number of hydrogen-bond acceptors (Lipinski definition) is 7. The van der Waals surface area contributed by atoms with Gasteiger partial charge in [0.05, 0.1) is 18.4 Å². The molecule has 4 heterocycles. The van der Waals surface area contributed by atoms with Crippen LogP contribution in [-0.4, -0.2) is 44.8 Å². The first-order chi connectivity index (χ1) is 17.1. The fourth-order valence-corrected chi connectivity index (χ4v) is 6.02. The summed E-state index contributed by atoms with van der Waals surface area (Å²) in [6.07, 6.45) is 10.5. The van der Waals surface area contributed by atoms with Gasteiger partial charge in [0.25, 0.3) is 0 Å². The molecule has 2 unspecified atom stereocenters. The van der Waals surface area contributed by atoms with E-state index in [2.05, 4.69) is 48.3 Å². The first-order valence-corrected chi connectivity index (χ1v) is 13.6. The van der Waals surface area contributed by atoms with E-state index in [1.807, 2.05) is 37.5 Å². The van der Waals surface area contributed by atoms with Gasteiger partial charge in [-0.25, -0.2) is 0 Å². The van der Waals surface area contributed by atoms with E-state index in [9.17, 15) is 4.79 Å². The Labute approximate surface area is 211 Å². The molecule has 0 aromatic carbocycles. The predicted octanol–water partition coefficient (Wildman–Crippen LogP) is 4.56. The van der Waals surface area contributed by atoms with Crippen molar-refractivity contribution in [1.82, 2.24) is 25.1 Å². The molecule has 1 amide bonds. The summed E-state index contributed by atoms with van der Waals surface area (Å²) in [6.45, 7) is 6.61. The molecule has 1 aliphatic carbocycles. The third kappa shape index (κ3) is 5.66. The Morgan fingerprint density at radius 2 is 1.89 bits per heavy atom. The second-order valence-electron chi connectivity index (χ2n) is 9.92. The number of piperidine rings is 1. The molecule has 0 spiro atoms. The van der Waals surface area contributed by atoms with E-state index in [1.54, 1.807) is 11.3 Å². The lowest BCUT2D eigenvalue weighted by atomic mass is 9.85. The number of aromatic nitrogens is 4. The molecular formula is C26H35N7OS. The molecule has 5 rings (SSSR count). The molecule has 9 heteroatoms. The van der Waals surface area contributed by atoms with E-state index in [0.29, 0.717) is 18.5 Å². The number of nitrogens with zero attached hydrogens (tertiary/aromatic N) is 5. The van der Waals surface area contributed by atoms with Gasteiger partial charge in [-0.05, 0) is 62.8 Å². The summed E-state index contributed by atoms with van der Waals surface area (Å²) < 4.78 is 2.08. The average Bonchev–Trinajstić information content (AvgIpc) is 3.55. The van der Waals surface area contributed by atoms with Crippen molar-refractivity contribution >= 4 is 28.1 Å². The minimum absolute atomic E-state index is 0.103. The highest BCUT2D eigenvalue weighted by Crippen LogP contribution is 2.30. The van der Waals surface area contributed by atoms with Crippen LogP contribution in [0.15, 0.2) is 36.7 Å². The Hall–Kier alpha value is -2.94. The van der Waals surface area contributed by atoms with Crippen molar-refractivity contribution in [3.05, 3.63) is 48.0 Å². The molecule has 0 radical (unpaired) electrons. The lowest BCUT2D eigenvalue weighted by molar-refractivity contribution is -0.126. The monoisotopic (exact) mass is 493 g/mol. The number of rotatable bonds is 7. The molecule has 1 aliphatic heterocycles. The zero-order valence-corrected chi connectivity index (χ0v) is 21.4. The van der Waals surface area contributed by atoms with E-state index >= 15 is 0 Å². The van der Waals surface area contributed by atoms with Crippen LogP contribution in [0.4, 0.5) is 10.8 Å². The van der Waals surface area contributed by atoms with Gasteiger partial charge in [0.1, 0.15) is 0 Å². The quantitative estimate of drug-likeness (QED) is 0.502. The van der Waals surface area contributed by atoms with E-state index in [0.717, 1.165) is 59.7 Å². The molecule has 1 saturated heterocycles. The van der Waals surface area contributed by atoms with Gasteiger partial charge in [-0.15, -0.1) is 10.2 Å². The van der Waals surface area contributed by atoms with Gasteiger partial charge in [0.15, 0.2) is 0 Å². The van der Waals surface area contributed by atoms with E-state index < -0.39 is 0 Å². The Kier molecular flexibility index (Phi) is 7.32. The van der Waals surface area contributed by atoms with Crippen LogP contribution in [0.3, 0.4) is 0 Å². The van der Waals surface area contributed by atoms with Crippen LogP contribution in [-0.2, 0) is 11.3 Å². The van der Waals surface area contributed by atoms with Gasteiger partial charge in [0.2, 0.25) is 16.2 Å². The number of nitrogens with one attached hydrogen (secondary N) is 2. The summed E-state index contributed by atoms with van der Waals surface area (Å²) >= 11 is 1.60. The van der Waals surface area contributed by atoms with Gasteiger partial charge < -0.3 is 15.5 Å². The van der Waals surface area contributed by atoms with Gasteiger partial charge in [-0.1, -0.05) is 31.1 Å². The minimum atomic E-state index is 0.103. The maximum Gasteiger partial charge on any atom is 0.223 e. The highest BCUT2D eigenvalue weighted by atomic mass is 32.1. The van der Waals surface area contributed by atoms with Crippen LogP contribution >= 0.6 is 11.3 Å². The summed E-state index contributed by atoms with van der Waals surface area (Å²) in [5.74, 6) is 0.940. The van der Waals surface area contributed by atoms with Crippen molar-refractivity contribution in [3.63, 3.8) is 0 Å². The molecular weight excluding hydrogens is 458 g/mol. The second-order valence-corrected chi connectivity index (χ2v) is 10.9. The summed E-state index contributed by atoms with van der Waals surface area (Å²) in [5.41, 5.74) is 3.11. The topological polar surface area (TPSA) is 88.0 Å². The smallest absolute Gasteiger partial charge is 0.223 e. The number of hydrogen-bond donors (Lipinski definition) is 2. The van der Waals surface area contributed by atoms with Gasteiger partial charge in [0, 0.05) is 42.6 Å². The van der Waals surface area contributed by atoms with Crippen molar-refractivity contribution in [2.45, 2.75) is 65.0 Å². The molecule has 35 heavy (non-hydrogen) atoms. The molecule has 2 fully saturated rings. The fraction of sp³-hybridized carbons (Fsp3) is 0.538. The molecule has 1 saturated carbocycles. The van der Waals surface area contributed by atoms with Crippen LogP contribution in [0.1, 0.15) is 56.8 Å². The second kappa shape index (κ2) is 10.8.